The summed E-state index contributed by atoms with van der Waals surface area (Å²) in [6, 6.07) is 10.8. The average molecular weight is 579 g/mol. The normalized spacial score (nSPS) is 20.2. The second-order valence-electron chi connectivity index (χ2n) is 11.1. The van der Waals surface area contributed by atoms with Gasteiger partial charge in [-0.25, -0.2) is 9.38 Å². The number of aryl methyl sites for hydroxylation is 1. The van der Waals surface area contributed by atoms with Crippen LogP contribution in [0.3, 0.4) is 0 Å². The quantitative estimate of drug-likeness (QED) is 0.174. The summed E-state index contributed by atoms with van der Waals surface area (Å²) in [5.74, 6) is -3.02. The molecule has 2 aliphatic rings. The van der Waals surface area contributed by atoms with Crippen molar-refractivity contribution in [1.82, 2.24) is 9.88 Å². The number of benzene rings is 1. The lowest BCUT2D eigenvalue weighted by Crippen LogP contribution is -2.30. The Bertz CT molecular complexity index is 1310. The van der Waals surface area contributed by atoms with Gasteiger partial charge < -0.3 is 10.6 Å². The van der Waals surface area contributed by atoms with Crippen LogP contribution in [0.15, 0.2) is 83.5 Å². The number of halogens is 3. The molecule has 1 aromatic heterocycles. The maximum atomic E-state index is 16.2. The molecule has 0 bridgehead atoms. The number of Topliss-reactive ketones (excluding diaryl/α,β-unsaturated/α-hetero) is 1. The second kappa shape index (κ2) is 14.6. The Morgan fingerprint density at radius 2 is 1.83 bits per heavy atom. The minimum atomic E-state index is -3.16. The third-order valence-electron chi connectivity index (χ3n) is 7.85. The molecule has 224 valence electrons. The minimum absolute atomic E-state index is 0.128. The number of aliphatic imine (C=N–C) groups is 1. The number of pyridine rings is 1. The number of hydrogen-bond donors (Lipinski definition) is 1. The SMILES string of the molecule is C=CC(F)(F)c1ccc(C(C)N(C2=C(F)/C(CCCCc3ccc(CC(=O)CCN)cc3)=C\CC/C=N\2)C2CC2)nc1. The molecule has 1 saturated carbocycles. The Morgan fingerprint density at radius 1 is 1.12 bits per heavy atom. The van der Waals surface area contributed by atoms with Gasteiger partial charge in [0.15, 0.2) is 11.6 Å². The van der Waals surface area contributed by atoms with Crippen molar-refractivity contribution in [2.45, 2.75) is 89.1 Å². The van der Waals surface area contributed by atoms with E-state index in [0.29, 0.717) is 49.0 Å². The molecular weight excluding hydrogens is 537 g/mol. The molecule has 8 heteroatoms. The number of nitrogens with zero attached hydrogens (tertiary/aromatic N) is 3. The van der Waals surface area contributed by atoms with E-state index >= 15 is 4.39 Å². The van der Waals surface area contributed by atoms with Crippen LogP contribution in [0, 0.1) is 0 Å². The highest BCUT2D eigenvalue weighted by Crippen LogP contribution is 2.41. The summed E-state index contributed by atoms with van der Waals surface area (Å²) >= 11 is 0. The molecule has 42 heavy (non-hydrogen) atoms. The summed E-state index contributed by atoms with van der Waals surface area (Å²) in [6.07, 6.45) is 12.8. The number of hydrogen-bond acceptors (Lipinski definition) is 5. The van der Waals surface area contributed by atoms with E-state index in [0.717, 1.165) is 50.5 Å². The standard InChI is InChI=1S/C34H41F3N4O/c1-3-34(36,37)28-15-18-31(40-23-28)24(2)41(29-16-17-29)33-32(35)27(10-6-7-21-39-33)9-5-4-8-25-11-13-26(14-12-25)22-30(42)19-20-38/h3,10-15,18,21,23-24,29H,1,4-9,16-17,19-20,22,38H2,2H3/b27-10-,33-32-,39-21-. The van der Waals surface area contributed by atoms with Crippen LogP contribution in [0.2, 0.25) is 0 Å². The highest BCUT2D eigenvalue weighted by Gasteiger charge is 2.37. The van der Waals surface area contributed by atoms with Crippen molar-refractivity contribution in [2.75, 3.05) is 6.54 Å². The number of nitrogens with two attached hydrogens (primary N) is 1. The molecule has 4 rings (SSSR count). The zero-order valence-corrected chi connectivity index (χ0v) is 24.4. The molecular formula is C34H41F3N4O. The maximum Gasteiger partial charge on any atom is 0.292 e. The molecule has 5 nitrogen and oxygen atoms in total. The number of carbonyl (C=O) groups excluding carboxylic acids is 1. The van der Waals surface area contributed by atoms with Gasteiger partial charge in [0, 0.05) is 36.9 Å². The van der Waals surface area contributed by atoms with Crippen molar-refractivity contribution in [3.05, 3.63) is 101 Å². The van der Waals surface area contributed by atoms with Crippen molar-refractivity contribution in [2.24, 2.45) is 10.7 Å². The van der Waals surface area contributed by atoms with E-state index in [4.69, 9.17) is 5.73 Å². The Kier molecular flexibility index (Phi) is 10.9. The first kappa shape index (κ1) is 31.4. The molecule has 2 N–H and O–H groups in total. The molecule has 2 aromatic rings. The fourth-order valence-electron chi connectivity index (χ4n) is 5.25. The molecule has 0 spiro atoms. The molecule has 2 heterocycles. The molecule has 1 aliphatic heterocycles. The van der Waals surface area contributed by atoms with Gasteiger partial charge in [-0.05, 0) is 99.7 Å². The molecule has 1 atom stereocenters. The Hall–Kier alpha value is -3.52. The predicted molar refractivity (Wildman–Crippen MR) is 162 cm³/mol. The van der Waals surface area contributed by atoms with Crippen molar-refractivity contribution in [3.8, 4) is 0 Å². The minimum Gasteiger partial charge on any atom is -0.343 e. The Labute approximate surface area is 247 Å². The molecule has 1 fully saturated rings. The van der Waals surface area contributed by atoms with Gasteiger partial charge in [0.25, 0.3) is 5.92 Å². The highest BCUT2D eigenvalue weighted by atomic mass is 19.3. The van der Waals surface area contributed by atoms with Crippen molar-refractivity contribution in [3.63, 3.8) is 0 Å². The molecule has 0 radical (unpaired) electrons. The first-order valence-corrected chi connectivity index (χ1v) is 14.9. The van der Waals surface area contributed by atoms with Gasteiger partial charge in [0.2, 0.25) is 0 Å². The zero-order chi connectivity index (χ0) is 30.1. The van der Waals surface area contributed by atoms with Gasteiger partial charge in [0.1, 0.15) is 5.78 Å². The van der Waals surface area contributed by atoms with Crippen molar-refractivity contribution < 1.29 is 18.0 Å². The molecule has 1 unspecified atom stereocenters. The van der Waals surface area contributed by atoms with E-state index < -0.39 is 5.92 Å². The summed E-state index contributed by atoms with van der Waals surface area (Å²) in [6.45, 7) is 5.50. The van der Waals surface area contributed by atoms with E-state index in [-0.39, 0.29) is 29.3 Å². The smallest absolute Gasteiger partial charge is 0.292 e. The number of ketones is 1. The number of rotatable bonds is 15. The van der Waals surface area contributed by atoms with Crippen LogP contribution in [0.5, 0.6) is 0 Å². The van der Waals surface area contributed by atoms with Gasteiger partial charge in [-0.2, -0.15) is 8.78 Å². The van der Waals surface area contributed by atoms with Crippen molar-refractivity contribution >= 4 is 12.0 Å². The van der Waals surface area contributed by atoms with E-state index in [2.05, 4.69) is 28.7 Å². The summed E-state index contributed by atoms with van der Waals surface area (Å²) < 4.78 is 44.2. The van der Waals surface area contributed by atoms with Gasteiger partial charge in [0.05, 0.1) is 11.7 Å². The predicted octanol–water partition coefficient (Wildman–Crippen LogP) is 7.69. The third kappa shape index (κ3) is 8.28. The van der Waals surface area contributed by atoms with Gasteiger partial charge in [-0.1, -0.05) is 36.9 Å². The lowest BCUT2D eigenvalue weighted by atomic mass is 9.99. The Morgan fingerprint density at radius 3 is 2.48 bits per heavy atom. The molecule has 0 amide bonds. The van der Waals surface area contributed by atoms with Crippen LogP contribution in [-0.2, 0) is 23.6 Å². The van der Waals surface area contributed by atoms with Crippen LogP contribution < -0.4 is 5.73 Å². The molecule has 1 aromatic carbocycles. The Balaban J connectivity index is 1.42. The van der Waals surface area contributed by atoms with E-state index in [1.807, 2.05) is 30.0 Å². The lowest BCUT2D eigenvalue weighted by molar-refractivity contribution is -0.118. The molecule has 1 aliphatic carbocycles. The van der Waals surface area contributed by atoms with E-state index in [1.54, 1.807) is 12.3 Å². The maximum absolute atomic E-state index is 16.2. The zero-order valence-electron chi connectivity index (χ0n) is 24.4. The number of alkyl halides is 2. The van der Waals surface area contributed by atoms with Crippen LogP contribution in [0.1, 0.15) is 86.7 Å². The summed E-state index contributed by atoms with van der Waals surface area (Å²) in [5, 5.41) is 0. The van der Waals surface area contributed by atoms with Crippen molar-refractivity contribution in [1.29, 1.82) is 0 Å². The lowest BCUT2D eigenvalue weighted by Gasteiger charge is -2.32. The van der Waals surface area contributed by atoms with Crippen LogP contribution in [0.4, 0.5) is 13.2 Å². The average Bonchev–Trinajstić information content (AvgIpc) is 3.82. The highest BCUT2D eigenvalue weighted by molar-refractivity contribution is 5.81. The molecule has 0 saturated heterocycles. The number of carbonyl (C=O) groups is 1. The van der Waals surface area contributed by atoms with Crippen LogP contribution in [0.25, 0.3) is 0 Å². The fourth-order valence-corrected chi connectivity index (χ4v) is 5.25. The van der Waals surface area contributed by atoms with Gasteiger partial charge in [-0.15, -0.1) is 0 Å². The number of aromatic nitrogens is 1. The first-order chi connectivity index (χ1) is 20.2. The second-order valence-corrected chi connectivity index (χ2v) is 11.1. The van der Waals surface area contributed by atoms with Gasteiger partial charge >= 0.3 is 0 Å². The fraction of sp³-hybridized carbons (Fsp3) is 0.441. The van der Waals surface area contributed by atoms with Crippen LogP contribution in [-0.4, -0.2) is 34.5 Å². The number of allylic oxidation sites excluding steroid dienone is 4. The monoisotopic (exact) mass is 578 g/mol. The first-order valence-electron chi connectivity index (χ1n) is 14.9. The topological polar surface area (TPSA) is 71.6 Å². The summed E-state index contributed by atoms with van der Waals surface area (Å²) in [7, 11) is 0. The number of unbranched alkanes of at least 4 members (excludes halogenated alkanes) is 1. The van der Waals surface area contributed by atoms with E-state index in [1.165, 1.54) is 17.8 Å². The van der Waals surface area contributed by atoms with Crippen LogP contribution >= 0.6 is 0 Å². The van der Waals surface area contributed by atoms with Gasteiger partial charge in [-0.3, -0.25) is 9.78 Å². The summed E-state index contributed by atoms with van der Waals surface area (Å²) in [5.41, 5.74) is 8.68. The van der Waals surface area contributed by atoms with E-state index in [9.17, 15) is 13.6 Å². The summed E-state index contributed by atoms with van der Waals surface area (Å²) in [4.78, 5) is 22.7. The largest absolute Gasteiger partial charge is 0.343 e. The third-order valence-corrected chi connectivity index (χ3v) is 7.85.